The van der Waals surface area contributed by atoms with Gasteiger partial charge in [-0.05, 0) is 35.2 Å². The molecule has 3 aromatic rings. The van der Waals surface area contributed by atoms with Crippen molar-refractivity contribution in [1.29, 1.82) is 0 Å². The summed E-state index contributed by atoms with van der Waals surface area (Å²) in [5.41, 5.74) is 9.77. The molecule has 0 radical (unpaired) electrons. The minimum atomic E-state index is -0.822. The third-order valence-electron chi connectivity index (χ3n) is 5.66. The van der Waals surface area contributed by atoms with Gasteiger partial charge in [0.2, 0.25) is 0 Å². The second-order valence-electron chi connectivity index (χ2n) is 8.03. The number of carbonyl (C=O) groups excluding carboxylic acids is 2. The van der Waals surface area contributed by atoms with Crippen LogP contribution in [0.4, 0.5) is 10.5 Å². The van der Waals surface area contributed by atoms with E-state index in [0.29, 0.717) is 5.92 Å². The molecule has 0 aliphatic heterocycles. The fourth-order valence-corrected chi connectivity index (χ4v) is 3.74. The van der Waals surface area contributed by atoms with Gasteiger partial charge in [0.1, 0.15) is 18.9 Å². The van der Waals surface area contributed by atoms with Crippen LogP contribution in [0.5, 0.6) is 0 Å². The van der Waals surface area contributed by atoms with Gasteiger partial charge in [-0.2, -0.15) is 0 Å². The number of hydrogen-bond acceptors (Lipinski definition) is 5. The Balaban J connectivity index is 1.45. The average molecular weight is 430 g/mol. The lowest BCUT2D eigenvalue weighted by atomic mass is 9.99. The first kappa shape index (κ1) is 21.6. The van der Waals surface area contributed by atoms with Gasteiger partial charge in [0, 0.05) is 17.6 Å². The van der Waals surface area contributed by atoms with Crippen LogP contribution in [0, 0.1) is 0 Å². The van der Waals surface area contributed by atoms with Gasteiger partial charge < -0.3 is 25.9 Å². The predicted molar refractivity (Wildman–Crippen MR) is 124 cm³/mol. The number of amides is 1. The maximum atomic E-state index is 12.4. The molecule has 164 valence electrons. The van der Waals surface area contributed by atoms with Crippen LogP contribution < -0.4 is 16.4 Å². The highest BCUT2D eigenvalue weighted by atomic mass is 16.5. The number of ether oxygens (including phenoxy) is 1. The molecule has 1 amide bonds. The molecule has 6 heteroatoms. The van der Waals surface area contributed by atoms with Gasteiger partial charge in [-0.3, -0.25) is 0 Å². The zero-order valence-corrected chi connectivity index (χ0v) is 17.7. The highest BCUT2D eigenvalue weighted by Gasteiger charge is 2.34. The summed E-state index contributed by atoms with van der Waals surface area (Å²) in [6, 6.07) is 26.0. The molecule has 1 aliphatic carbocycles. The van der Waals surface area contributed by atoms with E-state index in [-0.39, 0.29) is 12.6 Å². The standard InChI is InChI=1S/C26H27N3O3/c27-23-15-22(23)19-11-13-21(14-12-19)28-25(20-9-5-2-6-10-20)24(16-30)29-26(31)32-17-18-7-3-1-4-8-18/h1-14,16,22-25,28H,15,17,27H2,(H,29,31). The maximum Gasteiger partial charge on any atom is 0.408 e. The van der Waals surface area contributed by atoms with Crippen LogP contribution >= 0.6 is 0 Å². The second-order valence-corrected chi connectivity index (χ2v) is 8.03. The summed E-state index contributed by atoms with van der Waals surface area (Å²) in [6.45, 7) is 0.131. The van der Waals surface area contributed by atoms with Gasteiger partial charge in [-0.1, -0.05) is 72.8 Å². The van der Waals surface area contributed by atoms with Crippen molar-refractivity contribution in [2.24, 2.45) is 5.73 Å². The molecular formula is C26H27N3O3. The number of nitrogens with one attached hydrogen (secondary N) is 2. The fourth-order valence-electron chi connectivity index (χ4n) is 3.74. The van der Waals surface area contributed by atoms with Crippen LogP contribution in [0.1, 0.15) is 35.1 Å². The van der Waals surface area contributed by atoms with Crippen LogP contribution in [-0.4, -0.2) is 24.5 Å². The largest absolute Gasteiger partial charge is 0.445 e. The van der Waals surface area contributed by atoms with Gasteiger partial charge in [0.15, 0.2) is 0 Å². The summed E-state index contributed by atoms with van der Waals surface area (Å²) in [7, 11) is 0. The van der Waals surface area contributed by atoms with Gasteiger partial charge in [-0.15, -0.1) is 0 Å². The topological polar surface area (TPSA) is 93.5 Å². The summed E-state index contributed by atoms with van der Waals surface area (Å²) >= 11 is 0. The smallest absolute Gasteiger partial charge is 0.408 e. The van der Waals surface area contributed by atoms with Gasteiger partial charge >= 0.3 is 6.09 Å². The molecular weight excluding hydrogens is 402 g/mol. The Morgan fingerprint density at radius 1 is 1.00 bits per heavy atom. The Kier molecular flexibility index (Phi) is 6.82. The number of alkyl carbamates (subject to hydrolysis) is 1. The molecule has 3 aromatic carbocycles. The summed E-state index contributed by atoms with van der Waals surface area (Å²) < 4.78 is 5.31. The van der Waals surface area contributed by atoms with E-state index in [4.69, 9.17) is 10.5 Å². The predicted octanol–water partition coefficient (Wildman–Crippen LogP) is 4.15. The minimum absolute atomic E-state index is 0.131. The summed E-state index contributed by atoms with van der Waals surface area (Å²) in [6.07, 6.45) is 1.10. The van der Waals surface area contributed by atoms with Crippen molar-refractivity contribution in [3.05, 3.63) is 102 Å². The van der Waals surface area contributed by atoms with Crippen molar-refractivity contribution in [2.75, 3.05) is 5.32 Å². The molecule has 0 heterocycles. The van der Waals surface area contributed by atoms with Crippen molar-refractivity contribution in [3.8, 4) is 0 Å². The molecule has 1 fully saturated rings. The van der Waals surface area contributed by atoms with Crippen LogP contribution in [0.2, 0.25) is 0 Å². The molecule has 4 rings (SSSR count). The number of anilines is 1. The van der Waals surface area contributed by atoms with E-state index in [1.807, 2.05) is 72.8 Å². The molecule has 4 atom stereocenters. The lowest BCUT2D eigenvalue weighted by molar-refractivity contribution is -0.109. The first-order chi connectivity index (χ1) is 15.6. The molecule has 0 aromatic heterocycles. The highest BCUT2D eigenvalue weighted by Crippen LogP contribution is 2.39. The summed E-state index contributed by atoms with van der Waals surface area (Å²) in [5, 5.41) is 6.08. The first-order valence-electron chi connectivity index (χ1n) is 10.7. The average Bonchev–Trinajstić information content (AvgIpc) is 3.58. The van der Waals surface area contributed by atoms with Crippen LogP contribution in [-0.2, 0) is 16.1 Å². The summed E-state index contributed by atoms with van der Waals surface area (Å²) in [4.78, 5) is 24.4. The lowest BCUT2D eigenvalue weighted by Gasteiger charge is -2.26. The number of benzene rings is 3. The SMILES string of the molecule is NC1CC1c1ccc(NC(c2ccccc2)C(C=O)NC(=O)OCc2ccccc2)cc1. The number of carbonyl (C=O) groups is 2. The Hall–Kier alpha value is -3.64. The molecule has 6 nitrogen and oxygen atoms in total. The Morgan fingerprint density at radius 3 is 2.22 bits per heavy atom. The van der Waals surface area contributed by atoms with Crippen molar-refractivity contribution in [2.45, 2.75) is 37.1 Å². The Morgan fingerprint density at radius 2 is 1.62 bits per heavy atom. The van der Waals surface area contributed by atoms with E-state index in [1.165, 1.54) is 5.56 Å². The number of rotatable bonds is 9. The molecule has 0 saturated heterocycles. The van der Waals surface area contributed by atoms with E-state index in [9.17, 15) is 9.59 Å². The normalized spacial score (nSPS) is 18.8. The van der Waals surface area contributed by atoms with Crippen LogP contribution in [0.15, 0.2) is 84.9 Å². The molecule has 1 aliphatic rings. The number of hydrogen-bond donors (Lipinski definition) is 3. The first-order valence-corrected chi connectivity index (χ1v) is 10.7. The zero-order valence-electron chi connectivity index (χ0n) is 17.7. The zero-order chi connectivity index (χ0) is 22.3. The van der Waals surface area contributed by atoms with Crippen molar-refractivity contribution < 1.29 is 14.3 Å². The molecule has 32 heavy (non-hydrogen) atoms. The van der Waals surface area contributed by atoms with E-state index < -0.39 is 18.2 Å². The molecule has 4 unspecified atom stereocenters. The summed E-state index contributed by atoms with van der Waals surface area (Å²) in [5.74, 6) is 0.428. The fraction of sp³-hybridized carbons (Fsp3) is 0.231. The van der Waals surface area contributed by atoms with Gasteiger partial charge in [0.05, 0.1) is 6.04 Å². The minimum Gasteiger partial charge on any atom is -0.445 e. The maximum absolute atomic E-state index is 12.4. The van der Waals surface area contributed by atoms with E-state index in [1.54, 1.807) is 0 Å². The van der Waals surface area contributed by atoms with E-state index in [2.05, 4.69) is 22.8 Å². The number of nitrogens with two attached hydrogens (primary N) is 1. The van der Waals surface area contributed by atoms with Crippen LogP contribution in [0.3, 0.4) is 0 Å². The third-order valence-corrected chi connectivity index (χ3v) is 5.66. The Labute approximate surface area is 187 Å². The Bertz CT molecular complexity index is 1030. The molecule has 0 spiro atoms. The van der Waals surface area contributed by atoms with Crippen molar-refractivity contribution >= 4 is 18.1 Å². The second kappa shape index (κ2) is 10.1. The van der Waals surface area contributed by atoms with Gasteiger partial charge in [0.25, 0.3) is 0 Å². The molecule has 4 N–H and O–H groups in total. The number of aldehydes is 1. The van der Waals surface area contributed by atoms with Crippen molar-refractivity contribution in [3.63, 3.8) is 0 Å². The molecule has 1 saturated carbocycles. The quantitative estimate of drug-likeness (QED) is 0.445. The van der Waals surface area contributed by atoms with Crippen molar-refractivity contribution in [1.82, 2.24) is 5.32 Å². The lowest BCUT2D eigenvalue weighted by Crippen LogP contribution is -2.43. The van der Waals surface area contributed by atoms with E-state index >= 15 is 0 Å². The monoisotopic (exact) mass is 429 g/mol. The highest BCUT2D eigenvalue weighted by molar-refractivity contribution is 5.74. The van der Waals surface area contributed by atoms with Crippen LogP contribution in [0.25, 0.3) is 0 Å². The third kappa shape index (κ3) is 5.53. The van der Waals surface area contributed by atoms with E-state index in [0.717, 1.165) is 29.5 Å². The van der Waals surface area contributed by atoms with Gasteiger partial charge in [-0.25, -0.2) is 4.79 Å². The molecule has 0 bridgehead atoms.